The number of carbonyl (C=O) groups excluding carboxylic acids is 1. The molecule has 1 aromatic heterocycles. The lowest BCUT2D eigenvalue weighted by Crippen LogP contribution is -2.38. The van der Waals surface area contributed by atoms with Crippen molar-refractivity contribution in [3.05, 3.63) is 99.0 Å². The molecule has 0 fully saturated rings. The highest BCUT2D eigenvalue weighted by molar-refractivity contribution is 9.10. The third-order valence-corrected chi connectivity index (χ3v) is 6.36. The van der Waals surface area contributed by atoms with E-state index >= 15 is 0 Å². The Morgan fingerprint density at radius 1 is 1.06 bits per heavy atom. The van der Waals surface area contributed by atoms with Crippen LogP contribution in [0.4, 0.5) is 0 Å². The number of carbonyl (C=O) groups is 1. The molecule has 0 saturated carbocycles. The molecule has 0 aliphatic heterocycles. The Morgan fingerprint density at radius 2 is 1.79 bits per heavy atom. The summed E-state index contributed by atoms with van der Waals surface area (Å²) in [7, 11) is 1.60. The van der Waals surface area contributed by atoms with Crippen LogP contribution in [0.2, 0.25) is 0 Å². The number of fused-ring (bicyclic) bond motifs is 1. The van der Waals surface area contributed by atoms with E-state index in [9.17, 15) is 9.59 Å². The second-order valence-corrected chi connectivity index (χ2v) is 8.77. The molecule has 1 atom stereocenters. The number of methoxy groups -OCH3 is 1. The molecule has 7 heteroatoms. The Kier molecular flexibility index (Phi) is 7.12. The van der Waals surface area contributed by atoms with Crippen LogP contribution in [0.3, 0.4) is 0 Å². The lowest BCUT2D eigenvalue weighted by atomic mass is 10.1. The van der Waals surface area contributed by atoms with Crippen molar-refractivity contribution < 1.29 is 9.53 Å². The predicted octanol–water partition coefficient (Wildman–Crippen LogP) is 5.77. The van der Waals surface area contributed by atoms with Crippen LogP contribution in [-0.2, 0) is 0 Å². The van der Waals surface area contributed by atoms with Crippen molar-refractivity contribution in [3.63, 3.8) is 0 Å². The number of nitrogens with zero attached hydrogens (tertiary/aromatic N) is 3. The molecule has 174 valence electrons. The van der Waals surface area contributed by atoms with Crippen LogP contribution in [-0.4, -0.2) is 34.0 Å². The molecule has 4 aromatic rings. The van der Waals surface area contributed by atoms with Gasteiger partial charge < -0.3 is 9.64 Å². The van der Waals surface area contributed by atoms with Crippen LogP contribution in [0.1, 0.15) is 42.5 Å². The number of hydrogen-bond donors (Lipinski definition) is 0. The van der Waals surface area contributed by atoms with Crippen molar-refractivity contribution in [1.29, 1.82) is 0 Å². The first-order chi connectivity index (χ1) is 16.5. The number of hydrogen-bond acceptors (Lipinski definition) is 4. The fourth-order valence-corrected chi connectivity index (χ4v) is 4.59. The SMILES string of the molecule is CCC(c1nc2ccccc2c(=O)n1-c1ccc(OC)cc1)N(CC)C(=O)c1cccc(Br)c1. The van der Waals surface area contributed by atoms with Crippen LogP contribution in [0.25, 0.3) is 16.6 Å². The Labute approximate surface area is 206 Å². The summed E-state index contributed by atoms with van der Waals surface area (Å²) in [5.74, 6) is 1.11. The van der Waals surface area contributed by atoms with Crippen molar-refractivity contribution in [2.24, 2.45) is 0 Å². The van der Waals surface area contributed by atoms with Crippen LogP contribution >= 0.6 is 15.9 Å². The normalized spacial score (nSPS) is 11.9. The summed E-state index contributed by atoms with van der Waals surface area (Å²) in [6, 6.07) is 21.5. The van der Waals surface area contributed by atoms with Gasteiger partial charge in [0.05, 0.1) is 29.7 Å². The van der Waals surface area contributed by atoms with E-state index in [2.05, 4.69) is 15.9 Å². The zero-order valence-electron chi connectivity index (χ0n) is 19.4. The molecular formula is C27H26BrN3O3. The molecule has 0 saturated heterocycles. The van der Waals surface area contributed by atoms with Gasteiger partial charge in [-0.1, -0.05) is 41.1 Å². The second kappa shape index (κ2) is 10.2. The molecule has 34 heavy (non-hydrogen) atoms. The second-order valence-electron chi connectivity index (χ2n) is 7.85. The van der Waals surface area contributed by atoms with Gasteiger partial charge in [0.1, 0.15) is 11.6 Å². The van der Waals surface area contributed by atoms with E-state index in [1.807, 2.05) is 74.5 Å². The van der Waals surface area contributed by atoms with Crippen LogP contribution < -0.4 is 10.3 Å². The molecule has 0 spiro atoms. The lowest BCUT2D eigenvalue weighted by molar-refractivity contribution is 0.0672. The summed E-state index contributed by atoms with van der Waals surface area (Å²) >= 11 is 3.45. The largest absolute Gasteiger partial charge is 0.497 e. The Bertz CT molecular complexity index is 1380. The third-order valence-electron chi connectivity index (χ3n) is 5.87. The van der Waals surface area contributed by atoms with E-state index in [0.29, 0.717) is 46.7 Å². The zero-order chi connectivity index (χ0) is 24.2. The van der Waals surface area contributed by atoms with Gasteiger partial charge in [0.25, 0.3) is 11.5 Å². The molecule has 0 aliphatic carbocycles. The maximum absolute atomic E-state index is 13.7. The Balaban J connectivity index is 1.92. The summed E-state index contributed by atoms with van der Waals surface area (Å²) < 4.78 is 7.74. The number of ether oxygens (including phenoxy) is 1. The molecule has 0 bridgehead atoms. The number of amides is 1. The van der Waals surface area contributed by atoms with Gasteiger partial charge >= 0.3 is 0 Å². The predicted molar refractivity (Wildman–Crippen MR) is 138 cm³/mol. The van der Waals surface area contributed by atoms with E-state index in [1.54, 1.807) is 28.7 Å². The van der Waals surface area contributed by atoms with Crippen LogP contribution in [0.5, 0.6) is 5.75 Å². The monoisotopic (exact) mass is 519 g/mol. The lowest BCUT2D eigenvalue weighted by Gasteiger charge is -2.31. The van der Waals surface area contributed by atoms with Gasteiger partial charge in [0, 0.05) is 16.6 Å². The standard InChI is InChI=1S/C27H26BrN3O3/c1-4-24(30(5-2)26(32)18-9-8-10-19(28)17-18)25-29-23-12-7-6-11-22(23)27(33)31(25)20-13-15-21(34-3)16-14-20/h6-17,24H,4-5H2,1-3H3. The van der Waals surface area contributed by atoms with E-state index in [-0.39, 0.29) is 11.5 Å². The molecule has 1 unspecified atom stereocenters. The van der Waals surface area contributed by atoms with Crippen molar-refractivity contribution >= 4 is 32.7 Å². The van der Waals surface area contributed by atoms with Gasteiger partial charge in [0.15, 0.2) is 0 Å². The Morgan fingerprint density at radius 3 is 2.44 bits per heavy atom. The van der Waals surface area contributed by atoms with Crippen molar-refractivity contribution in [3.8, 4) is 11.4 Å². The topological polar surface area (TPSA) is 64.4 Å². The summed E-state index contributed by atoms with van der Waals surface area (Å²) in [5.41, 5.74) is 1.68. The summed E-state index contributed by atoms with van der Waals surface area (Å²) in [5, 5.41) is 0.526. The minimum absolute atomic E-state index is 0.112. The van der Waals surface area contributed by atoms with Crippen molar-refractivity contribution in [2.45, 2.75) is 26.3 Å². The van der Waals surface area contributed by atoms with Gasteiger partial charge in [-0.3, -0.25) is 14.2 Å². The van der Waals surface area contributed by atoms with Crippen molar-refractivity contribution in [1.82, 2.24) is 14.5 Å². The first-order valence-corrected chi connectivity index (χ1v) is 12.0. The summed E-state index contributed by atoms with van der Waals surface area (Å²) in [6.45, 7) is 4.41. The first-order valence-electron chi connectivity index (χ1n) is 11.2. The molecule has 1 heterocycles. The molecule has 6 nitrogen and oxygen atoms in total. The maximum atomic E-state index is 13.7. The highest BCUT2D eigenvalue weighted by Gasteiger charge is 2.29. The molecule has 0 N–H and O–H groups in total. The van der Waals surface area contributed by atoms with Crippen LogP contribution in [0.15, 0.2) is 82.1 Å². The third kappa shape index (κ3) is 4.48. The quantitative estimate of drug-likeness (QED) is 0.311. The minimum atomic E-state index is -0.407. The van der Waals surface area contributed by atoms with Gasteiger partial charge in [-0.15, -0.1) is 0 Å². The van der Waals surface area contributed by atoms with E-state index in [1.165, 1.54) is 0 Å². The fourth-order valence-electron chi connectivity index (χ4n) is 4.19. The molecular weight excluding hydrogens is 494 g/mol. The number of para-hydroxylation sites is 1. The average Bonchev–Trinajstić information content (AvgIpc) is 2.87. The number of aromatic nitrogens is 2. The zero-order valence-corrected chi connectivity index (χ0v) is 21.0. The number of rotatable bonds is 7. The number of benzene rings is 3. The minimum Gasteiger partial charge on any atom is -0.497 e. The van der Waals surface area contributed by atoms with E-state index in [4.69, 9.17) is 9.72 Å². The van der Waals surface area contributed by atoms with E-state index in [0.717, 1.165) is 4.47 Å². The molecule has 0 radical (unpaired) electrons. The molecule has 1 amide bonds. The maximum Gasteiger partial charge on any atom is 0.266 e. The van der Waals surface area contributed by atoms with Crippen molar-refractivity contribution in [2.75, 3.05) is 13.7 Å². The van der Waals surface area contributed by atoms with E-state index < -0.39 is 6.04 Å². The number of halogens is 1. The highest BCUT2D eigenvalue weighted by atomic mass is 79.9. The molecule has 3 aromatic carbocycles. The Hall–Kier alpha value is -3.45. The highest BCUT2D eigenvalue weighted by Crippen LogP contribution is 2.28. The van der Waals surface area contributed by atoms with Gasteiger partial charge in [-0.2, -0.15) is 0 Å². The molecule has 0 aliphatic rings. The summed E-state index contributed by atoms with van der Waals surface area (Å²) in [6.07, 6.45) is 0.592. The van der Waals surface area contributed by atoms with Gasteiger partial charge in [-0.25, -0.2) is 4.98 Å². The summed E-state index contributed by atoms with van der Waals surface area (Å²) in [4.78, 5) is 34.0. The molecule has 4 rings (SSSR count). The fraction of sp³-hybridized carbons (Fsp3) is 0.222. The average molecular weight is 520 g/mol. The first kappa shape index (κ1) is 23.7. The van der Waals surface area contributed by atoms with Crippen LogP contribution in [0, 0.1) is 0 Å². The van der Waals surface area contributed by atoms with Gasteiger partial charge in [0.2, 0.25) is 0 Å². The smallest absolute Gasteiger partial charge is 0.266 e. The van der Waals surface area contributed by atoms with Gasteiger partial charge in [-0.05, 0) is 67.9 Å².